The van der Waals surface area contributed by atoms with Gasteiger partial charge in [0.15, 0.2) is 0 Å². The van der Waals surface area contributed by atoms with Gasteiger partial charge in [-0.25, -0.2) is 4.39 Å². The second-order valence-electron chi connectivity index (χ2n) is 8.91. The second-order valence-corrected chi connectivity index (χ2v) is 8.91. The molecule has 2 N–H and O–H groups in total. The van der Waals surface area contributed by atoms with E-state index in [1.165, 1.54) is 27.5 Å². The fraction of sp³-hybridized carbons (Fsp3) is 0.290. The zero-order chi connectivity index (χ0) is 23.2. The molecular formula is C31H34FN. The van der Waals surface area contributed by atoms with Gasteiger partial charge in [-0.2, -0.15) is 0 Å². The summed E-state index contributed by atoms with van der Waals surface area (Å²) >= 11 is 0. The second kappa shape index (κ2) is 10.8. The predicted molar refractivity (Wildman–Crippen MR) is 140 cm³/mol. The van der Waals surface area contributed by atoms with Gasteiger partial charge in [0.1, 0.15) is 5.82 Å². The number of aryl methyl sites for hydroxylation is 2. The monoisotopic (exact) mass is 439 g/mol. The van der Waals surface area contributed by atoms with E-state index in [-0.39, 0.29) is 5.82 Å². The van der Waals surface area contributed by atoms with Crippen molar-refractivity contribution < 1.29 is 4.39 Å². The highest BCUT2D eigenvalue weighted by Gasteiger charge is 2.17. The molecule has 0 aliphatic heterocycles. The van der Waals surface area contributed by atoms with E-state index in [0.717, 1.165) is 55.2 Å². The Kier molecular flexibility index (Phi) is 7.57. The minimum atomic E-state index is -0.177. The van der Waals surface area contributed by atoms with Gasteiger partial charge in [-0.15, -0.1) is 0 Å². The fourth-order valence-electron chi connectivity index (χ4n) is 4.75. The zero-order valence-corrected chi connectivity index (χ0v) is 19.8. The van der Waals surface area contributed by atoms with Crippen LogP contribution in [0.3, 0.4) is 0 Å². The molecule has 33 heavy (non-hydrogen) atoms. The SMILES string of the molecule is CCCCc1cc2ccccc2c(CCCC)c1-c1ccc(-c2ccc(CN)cc2)c(F)c1. The van der Waals surface area contributed by atoms with E-state index in [2.05, 4.69) is 50.2 Å². The number of halogens is 1. The van der Waals surface area contributed by atoms with Gasteiger partial charge in [-0.1, -0.05) is 93.4 Å². The van der Waals surface area contributed by atoms with Crippen molar-refractivity contribution in [2.45, 2.75) is 58.9 Å². The molecule has 0 aliphatic carbocycles. The average molecular weight is 440 g/mol. The molecule has 2 heteroatoms. The Bertz CT molecular complexity index is 1220. The largest absolute Gasteiger partial charge is 0.326 e. The number of hydrogen-bond acceptors (Lipinski definition) is 1. The highest BCUT2D eigenvalue weighted by atomic mass is 19.1. The molecule has 4 aromatic carbocycles. The maximum Gasteiger partial charge on any atom is 0.131 e. The van der Waals surface area contributed by atoms with Crippen LogP contribution in [0.5, 0.6) is 0 Å². The van der Waals surface area contributed by atoms with Crippen LogP contribution in [-0.2, 0) is 19.4 Å². The number of unbranched alkanes of at least 4 members (excludes halogenated alkanes) is 2. The molecule has 0 heterocycles. The number of nitrogens with two attached hydrogens (primary N) is 1. The summed E-state index contributed by atoms with van der Waals surface area (Å²) in [5.74, 6) is -0.177. The van der Waals surface area contributed by atoms with E-state index >= 15 is 4.39 Å². The number of benzene rings is 4. The summed E-state index contributed by atoms with van der Waals surface area (Å²) in [6.07, 6.45) is 6.56. The molecule has 4 aromatic rings. The van der Waals surface area contributed by atoms with Gasteiger partial charge in [-0.3, -0.25) is 0 Å². The van der Waals surface area contributed by atoms with Crippen LogP contribution in [-0.4, -0.2) is 0 Å². The van der Waals surface area contributed by atoms with Crippen molar-refractivity contribution in [3.63, 3.8) is 0 Å². The van der Waals surface area contributed by atoms with Gasteiger partial charge in [0.05, 0.1) is 0 Å². The summed E-state index contributed by atoms with van der Waals surface area (Å²) in [5, 5.41) is 2.58. The third-order valence-electron chi connectivity index (χ3n) is 6.58. The summed E-state index contributed by atoms with van der Waals surface area (Å²) in [4.78, 5) is 0. The van der Waals surface area contributed by atoms with E-state index in [4.69, 9.17) is 5.73 Å². The molecule has 4 rings (SSSR count). The third kappa shape index (κ3) is 5.02. The number of fused-ring (bicyclic) bond motifs is 1. The normalized spacial score (nSPS) is 11.3. The maximum atomic E-state index is 15.5. The molecule has 0 radical (unpaired) electrons. The lowest BCUT2D eigenvalue weighted by Crippen LogP contribution is -2.00. The summed E-state index contributed by atoms with van der Waals surface area (Å²) in [7, 11) is 0. The summed E-state index contributed by atoms with van der Waals surface area (Å²) in [5.41, 5.74) is 13.2. The summed E-state index contributed by atoms with van der Waals surface area (Å²) < 4.78 is 15.5. The summed E-state index contributed by atoms with van der Waals surface area (Å²) in [6, 6.07) is 24.6. The van der Waals surface area contributed by atoms with Gasteiger partial charge in [0, 0.05) is 12.1 Å². The lowest BCUT2D eigenvalue weighted by molar-refractivity contribution is 0.631. The highest BCUT2D eigenvalue weighted by Crippen LogP contribution is 2.38. The quantitative estimate of drug-likeness (QED) is 0.278. The van der Waals surface area contributed by atoms with E-state index in [1.807, 2.05) is 30.3 Å². The topological polar surface area (TPSA) is 26.0 Å². The van der Waals surface area contributed by atoms with E-state index < -0.39 is 0 Å². The van der Waals surface area contributed by atoms with Crippen molar-refractivity contribution in [3.8, 4) is 22.3 Å². The van der Waals surface area contributed by atoms with Crippen LogP contribution >= 0.6 is 0 Å². The van der Waals surface area contributed by atoms with Crippen molar-refractivity contribution in [1.29, 1.82) is 0 Å². The van der Waals surface area contributed by atoms with Crippen LogP contribution < -0.4 is 5.73 Å². The minimum absolute atomic E-state index is 0.177. The average Bonchev–Trinajstić information content (AvgIpc) is 2.85. The minimum Gasteiger partial charge on any atom is -0.326 e. The Hall–Kier alpha value is -2.97. The van der Waals surface area contributed by atoms with Crippen molar-refractivity contribution in [2.24, 2.45) is 5.73 Å². The van der Waals surface area contributed by atoms with Gasteiger partial charge in [-0.05, 0) is 75.9 Å². The molecule has 0 aliphatic rings. The molecule has 0 spiro atoms. The molecule has 1 nitrogen and oxygen atoms in total. The van der Waals surface area contributed by atoms with Gasteiger partial charge in [0.25, 0.3) is 0 Å². The van der Waals surface area contributed by atoms with Crippen LogP contribution in [0.1, 0.15) is 56.2 Å². The van der Waals surface area contributed by atoms with Gasteiger partial charge >= 0.3 is 0 Å². The van der Waals surface area contributed by atoms with Crippen LogP contribution in [0.4, 0.5) is 4.39 Å². The number of hydrogen-bond donors (Lipinski definition) is 1. The Labute approximate surface area is 197 Å². The van der Waals surface area contributed by atoms with E-state index in [1.54, 1.807) is 6.07 Å². The van der Waals surface area contributed by atoms with Crippen LogP contribution in [0.25, 0.3) is 33.0 Å². The first-order chi connectivity index (χ1) is 16.2. The molecule has 0 atom stereocenters. The van der Waals surface area contributed by atoms with E-state index in [0.29, 0.717) is 12.1 Å². The van der Waals surface area contributed by atoms with Crippen LogP contribution in [0.15, 0.2) is 72.8 Å². The predicted octanol–water partition coefficient (Wildman–Crippen LogP) is 8.46. The molecular weight excluding hydrogens is 405 g/mol. The zero-order valence-electron chi connectivity index (χ0n) is 19.8. The smallest absolute Gasteiger partial charge is 0.131 e. The van der Waals surface area contributed by atoms with Crippen molar-refractivity contribution in [3.05, 3.63) is 95.3 Å². The van der Waals surface area contributed by atoms with Crippen molar-refractivity contribution >= 4 is 10.8 Å². The first-order valence-electron chi connectivity index (χ1n) is 12.3. The van der Waals surface area contributed by atoms with E-state index in [9.17, 15) is 0 Å². The van der Waals surface area contributed by atoms with Crippen LogP contribution in [0, 0.1) is 5.82 Å². The lowest BCUT2D eigenvalue weighted by Gasteiger charge is -2.19. The molecule has 0 saturated heterocycles. The fourth-order valence-corrected chi connectivity index (χ4v) is 4.75. The third-order valence-corrected chi connectivity index (χ3v) is 6.58. The highest BCUT2D eigenvalue weighted by molar-refractivity contribution is 5.94. The molecule has 170 valence electrons. The number of rotatable bonds is 9. The standard InChI is InChI=1S/C31H34FN/c1-3-5-9-25-19-24-10-7-8-12-27(24)29(11-6-4-2)31(25)26-17-18-28(30(32)20-26)23-15-13-22(21-33)14-16-23/h7-8,10,12-20H,3-6,9,11,21,33H2,1-2H3. The first kappa shape index (κ1) is 23.2. The molecule has 0 amide bonds. The Morgan fingerprint density at radius 2 is 1.45 bits per heavy atom. The maximum absolute atomic E-state index is 15.5. The first-order valence-corrected chi connectivity index (χ1v) is 12.3. The van der Waals surface area contributed by atoms with Crippen LogP contribution in [0.2, 0.25) is 0 Å². The van der Waals surface area contributed by atoms with Gasteiger partial charge in [0.2, 0.25) is 0 Å². The Morgan fingerprint density at radius 3 is 2.15 bits per heavy atom. The summed E-state index contributed by atoms with van der Waals surface area (Å²) in [6.45, 7) is 4.95. The Morgan fingerprint density at radius 1 is 0.758 bits per heavy atom. The molecule has 0 saturated carbocycles. The molecule has 0 bridgehead atoms. The molecule has 0 aromatic heterocycles. The Balaban J connectivity index is 1.86. The lowest BCUT2D eigenvalue weighted by atomic mass is 9.85. The molecule has 0 unspecified atom stereocenters. The van der Waals surface area contributed by atoms with Gasteiger partial charge < -0.3 is 5.73 Å². The molecule has 0 fully saturated rings. The van der Waals surface area contributed by atoms with Crippen molar-refractivity contribution in [1.82, 2.24) is 0 Å². The van der Waals surface area contributed by atoms with Crippen molar-refractivity contribution in [2.75, 3.05) is 0 Å².